The van der Waals surface area contributed by atoms with Crippen molar-refractivity contribution in [1.82, 2.24) is 0 Å². The molecule has 23 heavy (non-hydrogen) atoms. The Balaban J connectivity index is 2.07. The summed E-state index contributed by atoms with van der Waals surface area (Å²) in [6.45, 7) is 2.02. The monoisotopic (exact) mass is 309 g/mol. The number of carbonyl (C=O) groups is 1. The average Bonchev–Trinajstić information content (AvgIpc) is 2.53. The summed E-state index contributed by atoms with van der Waals surface area (Å²) in [5.41, 5.74) is 3.21. The van der Waals surface area contributed by atoms with Crippen molar-refractivity contribution in [2.45, 2.75) is 31.2 Å². The van der Waals surface area contributed by atoms with Gasteiger partial charge in [0.1, 0.15) is 6.29 Å². The molecule has 0 unspecified atom stereocenters. The van der Waals surface area contributed by atoms with Gasteiger partial charge in [0.25, 0.3) is 0 Å². The normalized spacial score (nSPS) is 26.3. The number of aldehydes is 1. The minimum atomic E-state index is -0.702. The third-order valence-electron chi connectivity index (χ3n) is 5.00. The summed E-state index contributed by atoms with van der Waals surface area (Å²) in [6, 6.07) is 16.9. The minimum absolute atomic E-state index is 0.0131. The van der Waals surface area contributed by atoms with E-state index < -0.39 is 6.04 Å². The first-order valence-electron chi connectivity index (χ1n) is 7.82. The van der Waals surface area contributed by atoms with Gasteiger partial charge in [-0.1, -0.05) is 54.6 Å². The largest absolute Gasteiger partial charge is 0.303 e. The first-order valence-corrected chi connectivity index (χ1v) is 7.82. The topological polar surface area (TPSA) is 60.2 Å². The number of hydrogen-bond donors (Lipinski definition) is 0. The van der Waals surface area contributed by atoms with E-state index in [0.29, 0.717) is 0 Å². The molecule has 0 amide bonds. The molecule has 1 fully saturated rings. The molecule has 1 aliphatic carbocycles. The van der Waals surface area contributed by atoms with Crippen LogP contribution in [0.3, 0.4) is 0 Å². The third-order valence-corrected chi connectivity index (χ3v) is 5.00. The summed E-state index contributed by atoms with van der Waals surface area (Å²) in [6.07, 6.45) is 1.04. The lowest BCUT2D eigenvalue weighted by Crippen LogP contribution is -2.52. The number of benzene rings is 2. The Labute approximate surface area is 135 Å². The molecule has 0 aliphatic heterocycles. The van der Waals surface area contributed by atoms with Gasteiger partial charge < -0.3 is 4.79 Å². The lowest BCUT2D eigenvalue weighted by molar-refractivity contribution is -0.554. The van der Waals surface area contributed by atoms with Crippen molar-refractivity contribution in [3.05, 3.63) is 81.4 Å². The van der Waals surface area contributed by atoms with Gasteiger partial charge in [-0.15, -0.1) is 0 Å². The quantitative estimate of drug-likeness (QED) is 0.480. The zero-order chi connectivity index (χ0) is 16.4. The first kappa shape index (κ1) is 15.4. The predicted molar refractivity (Wildman–Crippen MR) is 88.1 cm³/mol. The van der Waals surface area contributed by atoms with Crippen LogP contribution < -0.4 is 0 Å². The van der Waals surface area contributed by atoms with Gasteiger partial charge in [0.15, 0.2) is 0 Å². The molecule has 0 N–H and O–H groups in total. The van der Waals surface area contributed by atoms with Crippen LogP contribution in [0.1, 0.15) is 34.9 Å². The third kappa shape index (κ3) is 2.65. The molecule has 4 heteroatoms. The summed E-state index contributed by atoms with van der Waals surface area (Å²) in [5.74, 6) is -0.412. The molecule has 4 atom stereocenters. The van der Waals surface area contributed by atoms with Gasteiger partial charge >= 0.3 is 0 Å². The van der Waals surface area contributed by atoms with Crippen LogP contribution in [-0.2, 0) is 4.79 Å². The molecule has 0 heterocycles. The number of aryl methyl sites for hydroxylation is 1. The summed E-state index contributed by atoms with van der Waals surface area (Å²) in [7, 11) is 0. The van der Waals surface area contributed by atoms with Gasteiger partial charge in [0, 0.05) is 23.2 Å². The van der Waals surface area contributed by atoms with E-state index in [1.165, 1.54) is 0 Å². The summed E-state index contributed by atoms with van der Waals surface area (Å²) in [4.78, 5) is 22.5. The molecule has 118 valence electrons. The fourth-order valence-electron chi connectivity index (χ4n) is 3.96. The second-order valence-electron chi connectivity index (χ2n) is 6.16. The predicted octanol–water partition coefficient (Wildman–Crippen LogP) is 3.73. The fourth-order valence-corrected chi connectivity index (χ4v) is 3.96. The van der Waals surface area contributed by atoms with Crippen molar-refractivity contribution in [3.8, 4) is 0 Å². The maximum Gasteiger partial charge on any atom is 0.224 e. The standard InChI is InChI=1S/C19H19NO3/c1-13-7-5-6-10-15(13)18-16(11-12-21)19(20(22)23)17(18)14-8-3-2-4-9-14/h2-10,12,16-19H,11H2,1H3/t16-,17+,18-,19+/m1/s1. The maximum absolute atomic E-state index is 11.6. The van der Waals surface area contributed by atoms with Crippen LogP contribution in [0.2, 0.25) is 0 Å². The highest BCUT2D eigenvalue weighted by molar-refractivity contribution is 5.52. The highest BCUT2D eigenvalue weighted by atomic mass is 16.6. The van der Waals surface area contributed by atoms with E-state index in [4.69, 9.17) is 0 Å². The summed E-state index contributed by atoms with van der Waals surface area (Å²) in [5, 5.41) is 11.6. The van der Waals surface area contributed by atoms with Crippen molar-refractivity contribution < 1.29 is 9.72 Å². The Kier molecular flexibility index (Phi) is 4.24. The van der Waals surface area contributed by atoms with E-state index in [-0.39, 0.29) is 29.1 Å². The van der Waals surface area contributed by atoms with Crippen LogP contribution >= 0.6 is 0 Å². The molecule has 3 rings (SSSR count). The van der Waals surface area contributed by atoms with Crippen LogP contribution in [0, 0.1) is 23.0 Å². The SMILES string of the molecule is Cc1ccccc1[C@@H]1[C@@H](CC=O)[C@H]([N+](=O)[O-])[C@H]1c1ccccc1. The zero-order valence-corrected chi connectivity index (χ0v) is 13.0. The van der Waals surface area contributed by atoms with E-state index in [1.807, 2.05) is 61.5 Å². The van der Waals surface area contributed by atoms with Crippen molar-refractivity contribution in [2.75, 3.05) is 0 Å². The van der Waals surface area contributed by atoms with Crippen LogP contribution in [-0.4, -0.2) is 17.3 Å². The number of carbonyl (C=O) groups excluding carboxylic acids is 1. The van der Waals surface area contributed by atoms with Crippen LogP contribution in [0.25, 0.3) is 0 Å². The van der Waals surface area contributed by atoms with Crippen LogP contribution in [0.4, 0.5) is 0 Å². The lowest BCUT2D eigenvalue weighted by atomic mass is 9.55. The Morgan fingerprint density at radius 2 is 1.70 bits per heavy atom. The Bertz CT molecular complexity index is 714. The molecule has 4 nitrogen and oxygen atoms in total. The molecule has 1 saturated carbocycles. The molecule has 0 radical (unpaired) electrons. The van der Waals surface area contributed by atoms with Gasteiger partial charge in [-0.3, -0.25) is 10.1 Å². The second kappa shape index (κ2) is 6.32. The van der Waals surface area contributed by atoms with Gasteiger partial charge in [0.2, 0.25) is 6.04 Å². The maximum atomic E-state index is 11.6. The fraction of sp³-hybridized carbons (Fsp3) is 0.316. The Morgan fingerprint density at radius 1 is 1.04 bits per heavy atom. The van der Waals surface area contributed by atoms with Crippen molar-refractivity contribution in [3.63, 3.8) is 0 Å². The number of hydrogen-bond acceptors (Lipinski definition) is 3. The second-order valence-corrected chi connectivity index (χ2v) is 6.16. The lowest BCUT2D eigenvalue weighted by Gasteiger charge is -2.47. The number of nitrogens with zero attached hydrogens (tertiary/aromatic N) is 1. The molecular weight excluding hydrogens is 290 g/mol. The highest BCUT2D eigenvalue weighted by Gasteiger charge is 2.58. The first-order chi connectivity index (χ1) is 11.1. The zero-order valence-electron chi connectivity index (χ0n) is 13.0. The average molecular weight is 309 g/mol. The molecule has 1 aliphatic rings. The van der Waals surface area contributed by atoms with Crippen molar-refractivity contribution in [1.29, 1.82) is 0 Å². The van der Waals surface area contributed by atoms with Crippen LogP contribution in [0.5, 0.6) is 0 Å². The molecule has 0 saturated heterocycles. The molecular formula is C19H19NO3. The van der Waals surface area contributed by atoms with E-state index in [2.05, 4.69) is 0 Å². The van der Waals surface area contributed by atoms with E-state index in [9.17, 15) is 14.9 Å². The van der Waals surface area contributed by atoms with Crippen molar-refractivity contribution in [2.24, 2.45) is 5.92 Å². The van der Waals surface area contributed by atoms with Gasteiger partial charge in [-0.2, -0.15) is 0 Å². The van der Waals surface area contributed by atoms with Gasteiger partial charge in [-0.05, 0) is 23.6 Å². The number of rotatable bonds is 5. The smallest absolute Gasteiger partial charge is 0.224 e. The van der Waals surface area contributed by atoms with Crippen molar-refractivity contribution >= 4 is 6.29 Å². The number of nitro groups is 1. The minimum Gasteiger partial charge on any atom is -0.303 e. The van der Waals surface area contributed by atoms with E-state index >= 15 is 0 Å². The molecule has 2 aromatic carbocycles. The molecule has 0 aromatic heterocycles. The summed E-state index contributed by atoms with van der Waals surface area (Å²) >= 11 is 0. The summed E-state index contributed by atoms with van der Waals surface area (Å²) < 4.78 is 0. The highest BCUT2D eigenvalue weighted by Crippen LogP contribution is 2.56. The Morgan fingerprint density at radius 3 is 2.30 bits per heavy atom. The molecule has 2 aromatic rings. The van der Waals surface area contributed by atoms with E-state index in [0.717, 1.165) is 23.0 Å². The molecule has 0 bridgehead atoms. The van der Waals surface area contributed by atoms with Gasteiger partial charge in [0.05, 0.1) is 5.92 Å². The molecule has 0 spiro atoms. The van der Waals surface area contributed by atoms with Gasteiger partial charge in [-0.25, -0.2) is 0 Å². The van der Waals surface area contributed by atoms with E-state index in [1.54, 1.807) is 0 Å². The van der Waals surface area contributed by atoms with Crippen LogP contribution in [0.15, 0.2) is 54.6 Å². The Hall–Kier alpha value is -2.49.